The van der Waals surface area contributed by atoms with E-state index in [1.807, 2.05) is 12.1 Å². The highest BCUT2D eigenvalue weighted by molar-refractivity contribution is 5.83. The average Bonchev–Trinajstić information content (AvgIpc) is 2.72. The van der Waals surface area contributed by atoms with Crippen molar-refractivity contribution < 1.29 is 4.74 Å². The topological polar surface area (TPSA) is 21.3 Å². The lowest BCUT2D eigenvalue weighted by Gasteiger charge is -2.14. The summed E-state index contributed by atoms with van der Waals surface area (Å²) in [5.41, 5.74) is 4.62. The largest absolute Gasteiger partial charge is 0.495 e. The molecule has 0 unspecified atom stereocenters. The van der Waals surface area contributed by atoms with Gasteiger partial charge in [0.25, 0.3) is 0 Å². The van der Waals surface area contributed by atoms with E-state index >= 15 is 0 Å². The Kier molecular flexibility index (Phi) is 4.57. The summed E-state index contributed by atoms with van der Waals surface area (Å²) < 4.78 is 5.53. The Morgan fingerprint density at radius 1 is 0.692 bits per heavy atom. The van der Waals surface area contributed by atoms with Gasteiger partial charge in [0.2, 0.25) is 0 Å². The predicted octanol–water partition coefficient (Wildman–Crippen LogP) is 6.13. The van der Waals surface area contributed by atoms with Crippen molar-refractivity contribution in [2.45, 2.75) is 6.54 Å². The monoisotopic (exact) mass is 339 g/mol. The van der Waals surface area contributed by atoms with Crippen LogP contribution >= 0.6 is 0 Å². The Hall–Kier alpha value is -3.26. The molecule has 0 aliphatic carbocycles. The van der Waals surface area contributed by atoms with Gasteiger partial charge in [-0.05, 0) is 45.7 Å². The zero-order valence-corrected chi connectivity index (χ0v) is 14.8. The van der Waals surface area contributed by atoms with Gasteiger partial charge in [0.15, 0.2) is 0 Å². The molecule has 2 heteroatoms. The number of ether oxygens (including phenoxy) is 1. The zero-order chi connectivity index (χ0) is 17.8. The van der Waals surface area contributed by atoms with Crippen LogP contribution in [0, 0.1) is 0 Å². The second-order valence-electron chi connectivity index (χ2n) is 6.32. The number of fused-ring (bicyclic) bond motifs is 1. The van der Waals surface area contributed by atoms with E-state index in [1.54, 1.807) is 7.11 Å². The minimum Gasteiger partial charge on any atom is -0.495 e. The molecule has 4 rings (SSSR count). The van der Waals surface area contributed by atoms with Crippen LogP contribution in [0.4, 0.5) is 5.69 Å². The molecule has 26 heavy (non-hydrogen) atoms. The number of methoxy groups -OCH3 is 1. The summed E-state index contributed by atoms with van der Waals surface area (Å²) in [4.78, 5) is 0. The molecular formula is C24H21NO. The van der Waals surface area contributed by atoms with Crippen LogP contribution in [0.15, 0.2) is 91.0 Å². The number of nitrogens with one attached hydrogen (secondary N) is 1. The molecular weight excluding hydrogens is 318 g/mol. The van der Waals surface area contributed by atoms with Crippen molar-refractivity contribution in [2.24, 2.45) is 0 Å². The molecule has 2 nitrogen and oxygen atoms in total. The molecule has 0 heterocycles. The fourth-order valence-corrected chi connectivity index (χ4v) is 3.20. The third-order valence-corrected chi connectivity index (χ3v) is 4.60. The molecule has 128 valence electrons. The Balaban J connectivity index is 1.59. The highest BCUT2D eigenvalue weighted by Crippen LogP contribution is 2.31. The summed E-state index contributed by atoms with van der Waals surface area (Å²) >= 11 is 0. The first-order valence-corrected chi connectivity index (χ1v) is 8.78. The van der Waals surface area contributed by atoms with Crippen molar-refractivity contribution in [3.63, 3.8) is 0 Å². The Labute approximate surface area is 154 Å². The van der Waals surface area contributed by atoms with E-state index in [4.69, 9.17) is 4.74 Å². The molecule has 0 saturated carbocycles. The summed E-state index contributed by atoms with van der Waals surface area (Å²) in [7, 11) is 1.71. The van der Waals surface area contributed by atoms with E-state index in [1.165, 1.54) is 27.5 Å². The molecule has 0 spiro atoms. The first kappa shape index (κ1) is 16.2. The van der Waals surface area contributed by atoms with Crippen molar-refractivity contribution in [2.75, 3.05) is 12.4 Å². The smallest absolute Gasteiger partial charge is 0.141 e. The van der Waals surface area contributed by atoms with Gasteiger partial charge >= 0.3 is 0 Å². The summed E-state index contributed by atoms with van der Waals surface area (Å²) in [5.74, 6) is 0.852. The molecule has 1 N–H and O–H groups in total. The number of hydrogen-bond donors (Lipinski definition) is 1. The molecule has 0 aliphatic rings. The molecule has 0 amide bonds. The van der Waals surface area contributed by atoms with Crippen LogP contribution in [-0.4, -0.2) is 7.11 Å². The van der Waals surface area contributed by atoms with Crippen LogP contribution < -0.4 is 10.1 Å². The van der Waals surface area contributed by atoms with Crippen LogP contribution in [0.1, 0.15) is 5.56 Å². The van der Waals surface area contributed by atoms with Crippen molar-refractivity contribution in [1.82, 2.24) is 0 Å². The third-order valence-electron chi connectivity index (χ3n) is 4.60. The average molecular weight is 339 g/mol. The van der Waals surface area contributed by atoms with Crippen LogP contribution in [-0.2, 0) is 6.54 Å². The van der Waals surface area contributed by atoms with Crippen molar-refractivity contribution in [3.8, 4) is 16.9 Å². The molecule has 4 aromatic carbocycles. The number of hydrogen-bond acceptors (Lipinski definition) is 2. The lowest BCUT2D eigenvalue weighted by molar-refractivity contribution is 0.416. The zero-order valence-electron chi connectivity index (χ0n) is 14.8. The van der Waals surface area contributed by atoms with Crippen LogP contribution in [0.2, 0.25) is 0 Å². The summed E-state index contributed by atoms with van der Waals surface area (Å²) in [6.45, 7) is 0.749. The second kappa shape index (κ2) is 7.32. The highest BCUT2D eigenvalue weighted by Gasteiger charge is 2.06. The molecule has 0 fully saturated rings. The lowest BCUT2D eigenvalue weighted by atomic mass is 10.0. The normalized spacial score (nSPS) is 10.7. The maximum Gasteiger partial charge on any atom is 0.141 e. The molecule has 0 atom stereocenters. The molecule has 0 aliphatic heterocycles. The van der Waals surface area contributed by atoms with E-state index in [-0.39, 0.29) is 0 Å². The number of anilines is 1. The maximum absolute atomic E-state index is 5.53. The summed E-state index contributed by atoms with van der Waals surface area (Å²) in [6.07, 6.45) is 0. The summed E-state index contributed by atoms with van der Waals surface area (Å²) in [6, 6.07) is 31.7. The van der Waals surface area contributed by atoms with Crippen molar-refractivity contribution >= 4 is 16.5 Å². The van der Waals surface area contributed by atoms with Crippen molar-refractivity contribution in [1.29, 1.82) is 0 Å². The van der Waals surface area contributed by atoms with E-state index < -0.39 is 0 Å². The van der Waals surface area contributed by atoms with Crippen LogP contribution in [0.5, 0.6) is 5.75 Å². The van der Waals surface area contributed by atoms with Gasteiger partial charge in [-0.3, -0.25) is 0 Å². The molecule has 4 aromatic rings. The third kappa shape index (κ3) is 3.40. The Morgan fingerprint density at radius 2 is 1.46 bits per heavy atom. The van der Waals surface area contributed by atoms with Gasteiger partial charge in [0, 0.05) is 6.54 Å². The fraction of sp³-hybridized carbons (Fsp3) is 0.0833. The van der Waals surface area contributed by atoms with Gasteiger partial charge in [-0.2, -0.15) is 0 Å². The summed E-state index contributed by atoms with van der Waals surface area (Å²) in [5, 5.41) is 6.06. The van der Waals surface area contributed by atoms with Gasteiger partial charge in [0.1, 0.15) is 5.75 Å². The van der Waals surface area contributed by atoms with Gasteiger partial charge in [-0.15, -0.1) is 0 Å². The van der Waals surface area contributed by atoms with E-state index in [9.17, 15) is 0 Å². The first-order chi connectivity index (χ1) is 12.8. The van der Waals surface area contributed by atoms with Crippen LogP contribution in [0.25, 0.3) is 21.9 Å². The molecule has 0 bridgehead atoms. The van der Waals surface area contributed by atoms with E-state index in [0.717, 1.165) is 18.0 Å². The number of rotatable bonds is 5. The molecule has 0 saturated heterocycles. The van der Waals surface area contributed by atoms with Crippen LogP contribution in [0.3, 0.4) is 0 Å². The molecule has 0 aromatic heterocycles. The first-order valence-electron chi connectivity index (χ1n) is 8.78. The van der Waals surface area contributed by atoms with Gasteiger partial charge in [0.05, 0.1) is 12.8 Å². The van der Waals surface area contributed by atoms with Gasteiger partial charge < -0.3 is 10.1 Å². The lowest BCUT2D eigenvalue weighted by Crippen LogP contribution is -2.01. The Bertz CT molecular complexity index is 1020. The fourth-order valence-electron chi connectivity index (χ4n) is 3.20. The standard InChI is InChI=1S/C24H21NO/c1-26-24-14-13-22(19-7-3-2-4-8-19)16-23(24)25-17-18-11-12-20-9-5-6-10-21(20)15-18/h2-16,25H,17H2,1H3. The minimum atomic E-state index is 0.749. The Morgan fingerprint density at radius 3 is 2.27 bits per heavy atom. The predicted molar refractivity (Wildman–Crippen MR) is 110 cm³/mol. The van der Waals surface area contributed by atoms with E-state index in [0.29, 0.717) is 0 Å². The highest BCUT2D eigenvalue weighted by atomic mass is 16.5. The second-order valence-corrected chi connectivity index (χ2v) is 6.32. The van der Waals surface area contributed by atoms with E-state index in [2.05, 4.69) is 84.2 Å². The quantitative estimate of drug-likeness (QED) is 0.472. The van der Waals surface area contributed by atoms with Gasteiger partial charge in [-0.1, -0.05) is 72.8 Å². The number of benzene rings is 4. The van der Waals surface area contributed by atoms with Crippen molar-refractivity contribution in [3.05, 3.63) is 96.6 Å². The SMILES string of the molecule is COc1ccc(-c2ccccc2)cc1NCc1ccc2ccccc2c1. The minimum absolute atomic E-state index is 0.749. The molecule has 0 radical (unpaired) electrons. The maximum atomic E-state index is 5.53. The van der Waals surface area contributed by atoms with Gasteiger partial charge in [-0.25, -0.2) is 0 Å².